The molecule has 0 spiro atoms. The fourth-order valence-corrected chi connectivity index (χ4v) is 3.44. The molecule has 1 aliphatic rings. The third-order valence-electron chi connectivity index (χ3n) is 4.96. The summed E-state index contributed by atoms with van der Waals surface area (Å²) >= 11 is 0. The van der Waals surface area contributed by atoms with E-state index in [0.717, 1.165) is 23.5 Å². The van der Waals surface area contributed by atoms with Gasteiger partial charge in [0.05, 0.1) is 0 Å². The minimum Gasteiger partial charge on any atom is -0.486 e. The minimum absolute atomic E-state index is 0.165. The molecule has 0 aliphatic carbocycles. The Morgan fingerprint density at radius 2 is 1.94 bits per heavy atom. The fourth-order valence-electron chi connectivity index (χ4n) is 3.44. The first-order valence-electron chi connectivity index (χ1n) is 10.4. The summed E-state index contributed by atoms with van der Waals surface area (Å²) in [5.41, 5.74) is 3.11. The smallest absolute Gasteiger partial charge is 0.349 e. The first kappa shape index (κ1) is 22.9. The van der Waals surface area contributed by atoms with E-state index in [2.05, 4.69) is 23.7 Å². The van der Waals surface area contributed by atoms with E-state index in [9.17, 15) is 14.9 Å². The van der Waals surface area contributed by atoms with Crippen LogP contribution < -0.4 is 14.8 Å². The second-order valence-corrected chi connectivity index (χ2v) is 7.98. The van der Waals surface area contributed by atoms with Crippen LogP contribution in [0, 0.1) is 31.1 Å². The van der Waals surface area contributed by atoms with Crippen LogP contribution in [0.1, 0.15) is 30.8 Å². The topological polar surface area (TPSA) is 103 Å². The molecule has 2 heterocycles. The maximum atomic E-state index is 12.4. The summed E-state index contributed by atoms with van der Waals surface area (Å²) in [4.78, 5) is 24.6. The highest BCUT2D eigenvalue weighted by Crippen LogP contribution is 2.32. The molecule has 3 rings (SSSR count). The normalized spacial score (nSPS) is 12.9. The lowest BCUT2D eigenvalue weighted by Gasteiger charge is -2.19. The van der Waals surface area contributed by atoms with Gasteiger partial charge in [-0.2, -0.15) is 5.26 Å². The zero-order valence-electron chi connectivity index (χ0n) is 18.7. The maximum Gasteiger partial charge on any atom is 0.349 e. The highest BCUT2D eigenvalue weighted by molar-refractivity contribution is 6.00. The van der Waals surface area contributed by atoms with Crippen molar-refractivity contribution in [3.63, 3.8) is 0 Å². The van der Waals surface area contributed by atoms with Crippen molar-refractivity contribution in [3.05, 3.63) is 46.8 Å². The molecule has 0 unspecified atom stereocenters. The number of esters is 1. The molecule has 2 aromatic rings. The molecule has 1 N–H and O–H groups in total. The first-order valence-corrected chi connectivity index (χ1v) is 10.4. The molecule has 0 atom stereocenters. The number of aryl methyl sites for hydroxylation is 1. The third kappa shape index (κ3) is 5.49. The van der Waals surface area contributed by atoms with E-state index in [1.807, 2.05) is 26.0 Å². The third-order valence-corrected chi connectivity index (χ3v) is 4.96. The number of nitrogens with one attached hydrogen (secondary N) is 1. The number of carbonyl (C=O) groups excluding carboxylic acids is 2. The van der Waals surface area contributed by atoms with Gasteiger partial charge in [0.1, 0.15) is 24.9 Å². The molecule has 8 nitrogen and oxygen atoms in total. The van der Waals surface area contributed by atoms with Crippen LogP contribution in [0.15, 0.2) is 29.8 Å². The number of aromatic nitrogens is 1. The van der Waals surface area contributed by atoms with E-state index in [4.69, 9.17) is 14.2 Å². The summed E-state index contributed by atoms with van der Waals surface area (Å²) in [6, 6.07) is 8.80. The predicted molar refractivity (Wildman–Crippen MR) is 119 cm³/mol. The number of nitriles is 1. The number of hydrogen-bond donors (Lipinski definition) is 1. The molecule has 168 valence electrons. The first-order chi connectivity index (χ1) is 15.3. The number of rotatable bonds is 7. The van der Waals surface area contributed by atoms with Crippen molar-refractivity contribution in [3.8, 4) is 17.6 Å². The van der Waals surface area contributed by atoms with E-state index in [-0.39, 0.29) is 5.57 Å². The molecule has 0 radical (unpaired) electrons. The largest absolute Gasteiger partial charge is 0.486 e. The second kappa shape index (κ2) is 10.1. The van der Waals surface area contributed by atoms with Gasteiger partial charge in [0.2, 0.25) is 0 Å². The van der Waals surface area contributed by atoms with Crippen molar-refractivity contribution in [1.82, 2.24) is 4.57 Å². The number of hydrogen-bond acceptors (Lipinski definition) is 6. The summed E-state index contributed by atoms with van der Waals surface area (Å²) in [6.07, 6.45) is 1.50. The van der Waals surface area contributed by atoms with Crippen molar-refractivity contribution < 1.29 is 23.8 Å². The average Bonchev–Trinajstić information content (AvgIpc) is 3.02. The van der Waals surface area contributed by atoms with E-state index < -0.39 is 18.5 Å². The van der Waals surface area contributed by atoms with Gasteiger partial charge < -0.3 is 24.1 Å². The Labute approximate surface area is 187 Å². The van der Waals surface area contributed by atoms with Crippen molar-refractivity contribution in [2.75, 3.05) is 25.1 Å². The molecule has 8 heteroatoms. The quantitative estimate of drug-likeness (QED) is 0.403. The van der Waals surface area contributed by atoms with Gasteiger partial charge >= 0.3 is 5.97 Å². The van der Waals surface area contributed by atoms with Crippen molar-refractivity contribution in [2.45, 2.75) is 34.2 Å². The van der Waals surface area contributed by atoms with Gasteiger partial charge in [0.25, 0.3) is 5.91 Å². The molecule has 32 heavy (non-hydrogen) atoms. The van der Waals surface area contributed by atoms with Crippen LogP contribution >= 0.6 is 0 Å². The van der Waals surface area contributed by atoms with Crippen LogP contribution in [0.2, 0.25) is 0 Å². The number of carbonyl (C=O) groups is 2. The van der Waals surface area contributed by atoms with Gasteiger partial charge in [-0.1, -0.05) is 13.8 Å². The molecule has 1 aliphatic heterocycles. The maximum absolute atomic E-state index is 12.4. The van der Waals surface area contributed by atoms with Gasteiger partial charge in [-0.15, -0.1) is 0 Å². The number of benzene rings is 1. The Balaban J connectivity index is 1.62. The highest BCUT2D eigenvalue weighted by atomic mass is 16.6. The molecular formula is C24H27N3O5. The number of anilines is 1. The zero-order chi connectivity index (χ0) is 23.3. The summed E-state index contributed by atoms with van der Waals surface area (Å²) in [7, 11) is 0. The number of fused-ring (bicyclic) bond motifs is 1. The summed E-state index contributed by atoms with van der Waals surface area (Å²) in [5.74, 6) is 0.235. The number of amides is 1. The molecular weight excluding hydrogens is 410 g/mol. The fraction of sp³-hybridized carbons (Fsp3) is 0.375. The van der Waals surface area contributed by atoms with Gasteiger partial charge in [0, 0.05) is 29.7 Å². The molecule has 0 saturated carbocycles. The summed E-state index contributed by atoms with van der Waals surface area (Å²) < 4.78 is 18.1. The average molecular weight is 437 g/mol. The second-order valence-electron chi connectivity index (χ2n) is 7.98. The Bertz CT molecular complexity index is 1090. The van der Waals surface area contributed by atoms with Crippen LogP contribution in [-0.4, -0.2) is 36.3 Å². The van der Waals surface area contributed by atoms with Gasteiger partial charge in [-0.05, 0) is 49.6 Å². The summed E-state index contributed by atoms with van der Waals surface area (Å²) in [6.45, 7) is 9.43. The Kier molecular flexibility index (Phi) is 7.21. The molecule has 1 aromatic heterocycles. The van der Waals surface area contributed by atoms with Gasteiger partial charge in [0.15, 0.2) is 18.1 Å². The molecule has 1 amide bonds. The van der Waals surface area contributed by atoms with E-state index in [1.165, 1.54) is 6.08 Å². The monoisotopic (exact) mass is 437 g/mol. The lowest BCUT2D eigenvalue weighted by molar-refractivity contribution is -0.142. The number of nitrogens with zero attached hydrogens (tertiary/aromatic N) is 2. The SMILES string of the molecule is Cc1cc(C=C(C#N)C(=O)OCC(=O)Nc2ccc3c(c2)OCCO3)c(C)n1CC(C)C. The van der Waals surface area contributed by atoms with Crippen LogP contribution in [0.3, 0.4) is 0 Å². The van der Waals surface area contributed by atoms with Gasteiger partial charge in [-0.3, -0.25) is 4.79 Å². The lowest BCUT2D eigenvalue weighted by atomic mass is 10.1. The summed E-state index contributed by atoms with van der Waals surface area (Å²) in [5, 5.41) is 12.1. The van der Waals surface area contributed by atoms with Crippen molar-refractivity contribution >= 4 is 23.6 Å². The number of ether oxygens (including phenoxy) is 3. The lowest BCUT2D eigenvalue weighted by Crippen LogP contribution is -2.21. The van der Waals surface area contributed by atoms with Gasteiger partial charge in [-0.25, -0.2) is 4.79 Å². The molecule has 0 fully saturated rings. The highest BCUT2D eigenvalue weighted by Gasteiger charge is 2.17. The standard InChI is InChI=1S/C24H27N3O5/c1-15(2)13-27-16(3)9-18(17(27)4)10-19(12-25)24(29)32-14-23(28)26-20-5-6-21-22(11-20)31-8-7-30-21/h5-6,9-11,15H,7-8,13-14H2,1-4H3,(H,26,28). The van der Waals surface area contributed by atoms with E-state index in [1.54, 1.807) is 18.2 Å². The van der Waals surface area contributed by atoms with E-state index in [0.29, 0.717) is 36.3 Å². The van der Waals surface area contributed by atoms with Crippen molar-refractivity contribution in [2.24, 2.45) is 5.92 Å². The minimum atomic E-state index is -0.849. The molecule has 1 aromatic carbocycles. The van der Waals surface area contributed by atoms with Crippen LogP contribution in [0.5, 0.6) is 11.5 Å². The van der Waals surface area contributed by atoms with Crippen molar-refractivity contribution in [1.29, 1.82) is 5.26 Å². The van der Waals surface area contributed by atoms with Crippen LogP contribution in [0.4, 0.5) is 5.69 Å². The van der Waals surface area contributed by atoms with Crippen LogP contribution in [-0.2, 0) is 20.9 Å². The van der Waals surface area contributed by atoms with E-state index >= 15 is 0 Å². The Hall–Kier alpha value is -3.73. The van der Waals surface area contributed by atoms with Crippen LogP contribution in [0.25, 0.3) is 6.08 Å². The molecule has 0 bridgehead atoms. The predicted octanol–water partition coefficient (Wildman–Crippen LogP) is 3.62. The Morgan fingerprint density at radius 1 is 1.22 bits per heavy atom. The molecule has 0 saturated heterocycles. The Morgan fingerprint density at radius 3 is 2.62 bits per heavy atom. The zero-order valence-corrected chi connectivity index (χ0v) is 18.7.